The normalized spacial score (nSPS) is 9.87. The smallest absolute Gasteiger partial charge is 0.299 e. The van der Waals surface area contributed by atoms with Crippen molar-refractivity contribution in [3.8, 4) is 15.5 Å². The minimum Gasteiger partial charge on any atom is -0.415 e. The third kappa shape index (κ3) is 1.99. The molecule has 0 aliphatic carbocycles. The van der Waals surface area contributed by atoms with E-state index in [0.717, 1.165) is 10.4 Å². The fraction of sp³-hybridized carbons (Fsp3) is 0. The molecule has 0 atom stereocenters. The number of rotatable bonds is 3. The monoisotopic (exact) mass is 219 g/mol. The summed E-state index contributed by atoms with van der Waals surface area (Å²) >= 11 is 1.36. The number of thiophene rings is 1. The Bertz CT molecular complexity index is 465. The maximum atomic E-state index is 10.2. The molecule has 2 aromatic rings. The molecule has 0 aliphatic heterocycles. The molecular formula is C11H9NO2S. The van der Waals surface area contributed by atoms with Gasteiger partial charge in [0.1, 0.15) is 0 Å². The van der Waals surface area contributed by atoms with E-state index in [2.05, 4.69) is 0 Å². The van der Waals surface area contributed by atoms with Crippen molar-refractivity contribution in [1.82, 2.24) is 0 Å². The molecule has 0 saturated carbocycles. The predicted octanol–water partition coefficient (Wildman–Crippen LogP) is 2.53. The third-order valence-electron chi connectivity index (χ3n) is 1.94. The van der Waals surface area contributed by atoms with Crippen LogP contribution in [-0.2, 0) is 4.79 Å². The second-order valence-electron chi connectivity index (χ2n) is 2.93. The molecule has 0 aliphatic rings. The summed E-state index contributed by atoms with van der Waals surface area (Å²) in [4.78, 5) is 11.2. The zero-order valence-electron chi connectivity index (χ0n) is 7.84. The van der Waals surface area contributed by atoms with Gasteiger partial charge in [0.05, 0.1) is 5.69 Å². The minimum absolute atomic E-state index is 0.386. The van der Waals surface area contributed by atoms with Crippen LogP contribution in [0.5, 0.6) is 5.06 Å². The number of carbonyl (C=O) groups is 1. The molecule has 1 heterocycles. The highest BCUT2D eigenvalue weighted by molar-refractivity contribution is 7.18. The van der Waals surface area contributed by atoms with E-state index in [-0.39, 0.29) is 0 Å². The number of anilines is 1. The van der Waals surface area contributed by atoms with Gasteiger partial charge in [0.15, 0.2) is 0 Å². The van der Waals surface area contributed by atoms with E-state index >= 15 is 0 Å². The van der Waals surface area contributed by atoms with Crippen molar-refractivity contribution < 1.29 is 9.53 Å². The summed E-state index contributed by atoms with van der Waals surface area (Å²) in [6.07, 6.45) is 0. The zero-order chi connectivity index (χ0) is 10.7. The first-order chi connectivity index (χ1) is 7.31. The highest BCUT2D eigenvalue weighted by Gasteiger charge is 2.08. The van der Waals surface area contributed by atoms with E-state index in [4.69, 9.17) is 10.5 Å². The van der Waals surface area contributed by atoms with Gasteiger partial charge in [-0.2, -0.15) is 0 Å². The van der Waals surface area contributed by atoms with Crippen molar-refractivity contribution in [2.45, 2.75) is 0 Å². The van der Waals surface area contributed by atoms with Gasteiger partial charge in [-0.05, 0) is 11.6 Å². The van der Waals surface area contributed by atoms with Crippen LogP contribution >= 0.6 is 11.3 Å². The van der Waals surface area contributed by atoms with Gasteiger partial charge >= 0.3 is 0 Å². The molecule has 0 saturated heterocycles. The summed E-state index contributed by atoms with van der Waals surface area (Å²) in [6.45, 7) is 0.386. The van der Waals surface area contributed by atoms with Crippen molar-refractivity contribution in [2.24, 2.45) is 0 Å². The molecule has 76 valence electrons. The standard InChI is InChI=1S/C11H9NO2S/c12-9-6-10(15-11(9)14-7-13)8-4-2-1-3-5-8/h1-7H,12H2. The number of hydrogen-bond acceptors (Lipinski definition) is 4. The maximum Gasteiger partial charge on any atom is 0.299 e. The molecular weight excluding hydrogens is 210 g/mol. The van der Waals surface area contributed by atoms with Gasteiger partial charge in [0.25, 0.3) is 6.47 Å². The Kier molecular flexibility index (Phi) is 2.69. The molecule has 4 heteroatoms. The van der Waals surface area contributed by atoms with Crippen molar-refractivity contribution in [1.29, 1.82) is 0 Å². The van der Waals surface area contributed by atoms with E-state index in [1.54, 1.807) is 6.07 Å². The Balaban J connectivity index is 2.38. The quantitative estimate of drug-likeness (QED) is 0.807. The van der Waals surface area contributed by atoms with Gasteiger partial charge < -0.3 is 10.5 Å². The lowest BCUT2D eigenvalue weighted by molar-refractivity contribution is -0.120. The van der Waals surface area contributed by atoms with Crippen molar-refractivity contribution in [2.75, 3.05) is 5.73 Å². The van der Waals surface area contributed by atoms with Gasteiger partial charge in [-0.25, -0.2) is 0 Å². The second kappa shape index (κ2) is 4.14. The van der Waals surface area contributed by atoms with Crippen LogP contribution in [0.25, 0.3) is 10.4 Å². The lowest BCUT2D eigenvalue weighted by atomic mass is 10.2. The first kappa shape index (κ1) is 9.73. The van der Waals surface area contributed by atoms with E-state index in [0.29, 0.717) is 17.2 Å². The van der Waals surface area contributed by atoms with E-state index in [1.807, 2.05) is 30.3 Å². The number of nitrogen functional groups attached to an aromatic ring is 1. The molecule has 3 nitrogen and oxygen atoms in total. The van der Waals surface area contributed by atoms with Crippen LogP contribution in [0.15, 0.2) is 36.4 Å². The summed E-state index contributed by atoms with van der Waals surface area (Å²) in [6, 6.07) is 11.6. The van der Waals surface area contributed by atoms with Crippen LogP contribution in [0.3, 0.4) is 0 Å². The van der Waals surface area contributed by atoms with E-state index in [1.165, 1.54) is 11.3 Å². The molecule has 1 aromatic carbocycles. The third-order valence-corrected chi connectivity index (χ3v) is 3.03. The maximum absolute atomic E-state index is 10.2. The molecule has 15 heavy (non-hydrogen) atoms. The van der Waals surface area contributed by atoms with Crippen LogP contribution in [0.4, 0.5) is 5.69 Å². The largest absolute Gasteiger partial charge is 0.415 e. The van der Waals surface area contributed by atoms with Crippen molar-refractivity contribution in [3.05, 3.63) is 36.4 Å². The number of carbonyl (C=O) groups excluding carboxylic acids is 1. The van der Waals surface area contributed by atoms with Crippen LogP contribution in [0, 0.1) is 0 Å². The lowest BCUT2D eigenvalue weighted by Crippen LogP contribution is -1.89. The Labute approximate surface area is 91.1 Å². The summed E-state index contributed by atoms with van der Waals surface area (Å²) in [5.74, 6) is 0. The van der Waals surface area contributed by atoms with E-state index in [9.17, 15) is 4.79 Å². The molecule has 0 radical (unpaired) electrons. The topological polar surface area (TPSA) is 52.3 Å². The second-order valence-corrected chi connectivity index (χ2v) is 3.95. The van der Waals surface area contributed by atoms with Crippen molar-refractivity contribution >= 4 is 23.5 Å². The molecule has 0 bridgehead atoms. The fourth-order valence-electron chi connectivity index (χ4n) is 1.27. The molecule has 0 spiro atoms. The average molecular weight is 219 g/mol. The van der Waals surface area contributed by atoms with Gasteiger partial charge in [-0.3, -0.25) is 4.79 Å². The number of benzene rings is 1. The number of ether oxygens (including phenoxy) is 1. The van der Waals surface area contributed by atoms with Crippen LogP contribution < -0.4 is 10.5 Å². The average Bonchev–Trinajstić information content (AvgIpc) is 2.63. The van der Waals surface area contributed by atoms with Gasteiger partial charge in [0, 0.05) is 4.88 Å². The van der Waals surface area contributed by atoms with E-state index < -0.39 is 0 Å². The van der Waals surface area contributed by atoms with Crippen LogP contribution in [0.1, 0.15) is 0 Å². The molecule has 0 amide bonds. The summed E-state index contributed by atoms with van der Waals surface area (Å²) in [7, 11) is 0. The predicted molar refractivity (Wildman–Crippen MR) is 60.9 cm³/mol. The molecule has 1 aromatic heterocycles. The Morgan fingerprint density at radius 1 is 1.27 bits per heavy atom. The fourth-order valence-corrected chi connectivity index (χ4v) is 2.17. The zero-order valence-corrected chi connectivity index (χ0v) is 8.66. The van der Waals surface area contributed by atoms with Crippen LogP contribution in [0.2, 0.25) is 0 Å². The first-order valence-corrected chi connectivity index (χ1v) is 5.18. The summed E-state index contributed by atoms with van der Waals surface area (Å²) < 4.78 is 4.75. The van der Waals surface area contributed by atoms with Crippen molar-refractivity contribution in [3.63, 3.8) is 0 Å². The van der Waals surface area contributed by atoms with Gasteiger partial charge in [-0.15, -0.1) is 0 Å². The number of nitrogens with two attached hydrogens (primary N) is 1. The number of hydrogen-bond donors (Lipinski definition) is 1. The Morgan fingerprint density at radius 3 is 2.67 bits per heavy atom. The first-order valence-electron chi connectivity index (χ1n) is 4.36. The highest BCUT2D eigenvalue weighted by atomic mass is 32.1. The Morgan fingerprint density at radius 2 is 2.00 bits per heavy atom. The molecule has 0 unspecified atom stereocenters. The van der Waals surface area contributed by atoms with Gasteiger partial charge in [-0.1, -0.05) is 41.7 Å². The minimum atomic E-state index is 0.386. The summed E-state index contributed by atoms with van der Waals surface area (Å²) in [5.41, 5.74) is 7.25. The molecule has 0 fully saturated rings. The highest BCUT2D eigenvalue weighted by Crippen LogP contribution is 2.38. The Hall–Kier alpha value is -1.81. The molecule has 2 N–H and O–H groups in total. The summed E-state index contributed by atoms with van der Waals surface area (Å²) in [5, 5.41) is 0.448. The van der Waals surface area contributed by atoms with Crippen LogP contribution in [-0.4, -0.2) is 6.47 Å². The lowest BCUT2D eigenvalue weighted by Gasteiger charge is -1.94. The molecule has 2 rings (SSSR count). The SMILES string of the molecule is Nc1cc(-c2ccccc2)sc1OC=O. The van der Waals surface area contributed by atoms with Gasteiger partial charge in [0.2, 0.25) is 5.06 Å².